The van der Waals surface area contributed by atoms with Crippen LogP contribution < -0.4 is 5.84 Å². The fraction of sp³-hybridized carbons (Fsp3) is 1.00. The number of hydrogen-bond acceptors (Lipinski definition) is 3. The van der Waals surface area contributed by atoms with Gasteiger partial charge in [0, 0.05) is 31.2 Å². The first-order valence-electron chi connectivity index (χ1n) is 5.40. The first kappa shape index (κ1) is 9.44. The van der Waals surface area contributed by atoms with Crippen molar-refractivity contribution >= 4 is 0 Å². The van der Waals surface area contributed by atoms with E-state index in [-0.39, 0.29) is 0 Å². The van der Waals surface area contributed by atoms with Crippen LogP contribution in [0.2, 0.25) is 0 Å². The predicted octanol–water partition coefficient (Wildman–Crippen LogP) is 0.809. The molecular formula is C10H21N3. The minimum atomic E-state index is 0.446. The molecule has 0 radical (unpaired) electrons. The molecule has 0 atom stereocenters. The Kier molecular flexibility index (Phi) is 2.34. The van der Waals surface area contributed by atoms with Gasteiger partial charge in [0.1, 0.15) is 0 Å². The molecule has 76 valence electrons. The maximum atomic E-state index is 5.89. The molecule has 2 N–H and O–H groups in total. The Balaban J connectivity index is 2.08. The van der Waals surface area contributed by atoms with Crippen LogP contribution in [0.15, 0.2) is 0 Å². The predicted molar refractivity (Wildman–Crippen MR) is 54.2 cm³/mol. The molecule has 1 saturated carbocycles. The lowest BCUT2D eigenvalue weighted by atomic mass is 9.73. The summed E-state index contributed by atoms with van der Waals surface area (Å²) >= 11 is 0. The topological polar surface area (TPSA) is 32.5 Å². The van der Waals surface area contributed by atoms with E-state index in [1.807, 2.05) is 5.01 Å². The maximum Gasteiger partial charge on any atom is 0.0353 e. The second-order valence-electron chi connectivity index (χ2n) is 4.84. The van der Waals surface area contributed by atoms with E-state index < -0.39 is 0 Å². The van der Waals surface area contributed by atoms with E-state index in [0.29, 0.717) is 11.6 Å². The Morgan fingerprint density at radius 2 is 1.92 bits per heavy atom. The molecule has 0 aromatic carbocycles. The third-order valence-electron chi connectivity index (χ3n) is 3.64. The molecule has 0 aromatic heterocycles. The van der Waals surface area contributed by atoms with Gasteiger partial charge in [0.05, 0.1) is 0 Å². The Morgan fingerprint density at radius 3 is 2.38 bits per heavy atom. The van der Waals surface area contributed by atoms with Gasteiger partial charge in [-0.3, -0.25) is 10.7 Å². The molecule has 13 heavy (non-hydrogen) atoms. The summed E-state index contributed by atoms with van der Waals surface area (Å²) < 4.78 is 0. The summed E-state index contributed by atoms with van der Waals surface area (Å²) in [6, 6.07) is 0.675. The van der Waals surface area contributed by atoms with Crippen molar-refractivity contribution in [2.45, 2.75) is 44.7 Å². The van der Waals surface area contributed by atoms with Gasteiger partial charge >= 0.3 is 0 Å². The molecule has 2 rings (SSSR count). The molecule has 2 fully saturated rings. The van der Waals surface area contributed by atoms with Crippen molar-refractivity contribution in [2.75, 3.05) is 19.6 Å². The standard InChI is InChI=1S/C10H21N3/c1-9(2)13-7-6-12(11)8-10(13)4-3-5-10/h9H,3-8,11H2,1-2H3. The maximum absolute atomic E-state index is 5.89. The quantitative estimate of drug-likeness (QED) is 0.611. The van der Waals surface area contributed by atoms with Gasteiger partial charge in [-0.05, 0) is 33.1 Å². The number of piperazine rings is 1. The van der Waals surface area contributed by atoms with Crippen molar-refractivity contribution in [1.82, 2.24) is 9.91 Å². The number of rotatable bonds is 1. The Labute approximate surface area is 80.8 Å². The zero-order valence-corrected chi connectivity index (χ0v) is 8.79. The van der Waals surface area contributed by atoms with Gasteiger partial charge in [0.15, 0.2) is 0 Å². The molecule has 3 nitrogen and oxygen atoms in total. The zero-order valence-electron chi connectivity index (χ0n) is 8.79. The van der Waals surface area contributed by atoms with Crippen molar-refractivity contribution in [3.63, 3.8) is 0 Å². The van der Waals surface area contributed by atoms with Gasteiger partial charge in [0.2, 0.25) is 0 Å². The minimum Gasteiger partial charge on any atom is -0.293 e. The highest BCUT2D eigenvalue weighted by molar-refractivity contribution is 5.03. The van der Waals surface area contributed by atoms with Crippen LogP contribution in [0.4, 0.5) is 0 Å². The van der Waals surface area contributed by atoms with Crippen LogP contribution in [0.1, 0.15) is 33.1 Å². The number of hydrazine groups is 1. The molecule has 2 aliphatic rings. The normalized spacial score (nSPS) is 29.5. The summed E-state index contributed by atoms with van der Waals surface area (Å²) in [6.45, 7) is 7.85. The van der Waals surface area contributed by atoms with E-state index in [4.69, 9.17) is 5.84 Å². The monoisotopic (exact) mass is 183 g/mol. The largest absolute Gasteiger partial charge is 0.293 e. The van der Waals surface area contributed by atoms with Gasteiger partial charge in [-0.25, -0.2) is 5.01 Å². The molecule has 0 bridgehead atoms. The second-order valence-corrected chi connectivity index (χ2v) is 4.84. The van der Waals surface area contributed by atoms with E-state index in [1.54, 1.807) is 0 Å². The molecule has 1 saturated heterocycles. The van der Waals surface area contributed by atoms with Crippen LogP contribution >= 0.6 is 0 Å². The molecule has 1 aliphatic carbocycles. The van der Waals surface area contributed by atoms with Crippen molar-refractivity contribution in [3.8, 4) is 0 Å². The molecule has 0 aromatic rings. The van der Waals surface area contributed by atoms with Crippen molar-refractivity contribution in [1.29, 1.82) is 0 Å². The van der Waals surface area contributed by atoms with Gasteiger partial charge < -0.3 is 0 Å². The van der Waals surface area contributed by atoms with E-state index in [2.05, 4.69) is 18.7 Å². The summed E-state index contributed by atoms with van der Waals surface area (Å²) in [4.78, 5) is 2.65. The number of nitrogens with zero attached hydrogens (tertiary/aromatic N) is 2. The first-order chi connectivity index (χ1) is 6.14. The lowest BCUT2D eigenvalue weighted by molar-refractivity contribution is -0.0703. The molecule has 1 aliphatic heterocycles. The van der Waals surface area contributed by atoms with Crippen LogP contribution in [0.5, 0.6) is 0 Å². The Morgan fingerprint density at radius 1 is 1.23 bits per heavy atom. The lowest BCUT2D eigenvalue weighted by Gasteiger charge is -2.56. The van der Waals surface area contributed by atoms with Crippen LogP contribution in [0, 0.1) is 0 Å². The van der Waals surface area contributed by atoms with Gasteiger partial charge in [-0.15, -0.1) is 0 Å². The number of hydrogen-bond donors (Lipinski definition) is 1. The first-order valence-corrected chi connectivity index (χ1v) is 5.40. The third kappa shape index (κ3) is 1.49. The summed E-state index contributed by atoms with van der Waals surface area (Å²) in [5, 5.41) is 2.00. The Hall–Kier alpha value is -0.120. The van der Waals surface area contributed by atoms with Gasteiger partial charge in [-0.1, -0.05) is 0 Å². The summed E-state index contributed by atoms with van der Waals surface area (Å²) in [5.41, 5.74) is 0.446. The molecule has 0 amide bonds. The van der Waals surface area contributed by atoms with E-state index in [0.717, 1.165) is 19.6 Å². The van der Waals surface area contributed by atoms with Crippen LogP contribution in [0.25, 0.3) is 0 Å². The summed E-state index contributed by atoms with van der Waals surface area (Å²) in [7, 11) is 0. The van der Waals surface area contributed by atoms with E-state index >= 15 is 0 Å². The SMILES string of the molecule is CC(C)N1CCN(N)CC12CCC2. The fourth-order valence-electron chi connectivity index (χ4n) is 2.86. The molecule has 1 heterocycles. The highest BCUT2D eigenvalue weighted by Gasteiger charge is 2.46. The van der Waals surface area contributed by atoms with Crippen LogP contribution in [-0.2, 0) is 0 Å². The highest BCUT2D eigenvalue weighted by atomic mass is 15.5. The number of nitrogens with two attached hydrogens (primary N) is 1. The average molecular weight is 183 g/mol. The van der Waals surface area contributed by atoms with Crippen LogP contribution in [0.3, 0.4) is 0 Å². The fourth-order valence-corrected chi connectivity index (χ4v) is 2.86. The van der Waals surface area contributed by atoms with E-state index in [9.17, 15) is 0 Å². The Bertz CT molecular complexity index is 187. The summed E-state index contributed by atoms with van der Waals surface area (Å²) in [5.74, 6) is 5.89. The van der Waals surface area contributed by atoms with E-state index in [1.165, 1.54) is 19.3 Å². The van der Waals surface area contributed by atoms with Gasteiger partial charge in [-0.2, -0.15) is 0 Å². The third-order valence-corrected chi connectivity index (χ3v) is 3.64. The van der Waals surface area contributed by atoms with Gasteiger partial charge in [0.25, 0.3) is 0 Å². The van der Waals surface area contributed by atoms with Crippen LogP contribution in [-0.4, -0.2) is 41.1 Å². The molecular weight excluding hydrogens is 162 g/mol. The van der Waals surface area contributed by atoms with Crippen molar-refractivity contribution in [3.05, 3.63) is 0 Å². The zero-order chi connectivity index (χ0) is 9.47. The summed E-state index contributed by atoms with van der Waals surface area (Å²) in [6.07, 6.45) is 4.08. The lowest BCUT2D eigenvalue weighted by Crippen LogP contribution is -2.68. The average Bonchev–Trinajstić information content (AvgIpc) is 2.00. The van der Waals surface area contributed by atoms with Crippen molar-refractivity contribution in [2.24, 2.45) is 5.84 Å². The second kappa shape index (κ2) is 3.23. The highest BCUT2D eigenvalue weighted by Crippen LogP contribution is 2.40. The smallest absolute Gasteiger partial charge is 0.0353 e. The minimum absolute atomic E-state index is 0.446. The molecule has 1 spiro atoms. The molecule has 3 heteroatoms. The van der Waals surface area contributed by atoms with Crippen molar-refractivity contribution < 1.29 is 0 Å². The molecule has 0 unspecified atom stereocenters.